The summed E-state index contributed by atoms with van der Waals surface area (Å²) >= 11 is 0. The number of carbonyl (C=O) groups is 3. The van der Waals surface area contributed by atoms with Gasteiger partial charge in [-0.05, 0) is 50.2 Å². The van der Waals surface area contributed by atoms with E-state index in [-0.39, 0.29) is 44.1 Å². The fraction of sp³-hybridized carbons (Fsp3) is 0.464. The Morgan fingerprint density at radius 2 is 1.79 bits per heavy atom. The molecule has 204 valence electrons. The van der Waals surface area contributed by atoms with Crippen molar-refractivity contribution in [3.05, 3.63) is 65.2 Å². The molecule has 2 unspecified atom stereocenters. The van der Waals surface area contributed by atoms with Gasteiger partial charge in [-0.3, -0.25) is 14.5 Å². The monoisotopic (exact) mass is 531 g/mol. The van der Waals surface area contributed by atoms with Crippen LogP contribution in [0.1, 0.15) is 49.7 Å². The van der Waals surface area contributed by atoms with Gasteiger partial charge < -0.3 is 19.3 Å². The summed E-state index contributed by atoms with van der Waals surface area (Å²) in [6.07, 6.45) is 0.679. The quantitative estimate of drug-likeness (QED) is 0.370. The molecule has 1 saturated heterocycles. The molecular weight excluding hydrogens is 500 g/mol. The van der Waals surface area contributed by atoms with Gasteiger partial charge in [0, 0.05) is 18.2 Å². The summed E-state index contributed by atoms with van der Waals surface area (Å²) < 4.78 is 45.5. The maximum Gasteiger partial charge on any atom is 0.408 e. The molecule has 1 aliphatic heterocycles. The zero-order chi connectivity index (χ0) is 27.2. The van der Waals surface area contributed by atoms with Gasteiger partial charge in [0.1, 0.15) is 24.4 Å². The van der Waals surface area contributed by atoms with Crippen LogP contribution < -0.4 is 4.74 Å². The van der Waals surface area contributed by atoms with Crippen LogP contribution in [0.25, 0.3) is 0 Å². The Morgan fingerprint density at radius 3 is 2.45 bits per heavy atom. The molecule has 2 fully saturated rings. The molecule has 0 spiro atoms. The molecular formula is C28H31F2NO7. The number of hydrogen-bond donors (Lipinski definition) is 1. The van der Waals surface area contributed by atoms with Crippen molar-refractivity contribution in [2.45, 2.75) is 57.3 Å². The van der Waals surface area contributed by atoms with Crippen molar-refractivity contribution in [1.82, 2.24) is 4.90 Å². The molecule has 2 aliphatic rings. The van der Waals surface area contributed by atoms with Gasteiger partial charge in [-0.1, -0.05) is 30.3 Å². The Hall–Kier alpha value is -3.53. The van der Waals surface area contributed by atoms with Crippen molar-refractivity contribution in [1.29, 1.82) is 0 Å². The highest BCUT2D eigenvalue weighted by Gasteiger charge is 2.47. The second kappa shape index (κ2) is 12.3. The molecule has 2 aromatic carbocycles. The Bertz CT molecular complexity index is 1150. The molecule has 10 heteroatoms. The predicted molar refractivity (Wildman–Crippen MR) is 132 cm³/mol. The van der Waals surface area contributed by atoms with E-state index < -0.39 is 41.4 Å². The van der Waals surface area contributed by atoms with Crippen LogP contribution in [0.4, 0.5) is 13.6 Å². The minimum atomic E-state index is -1.31. The van der Waals surface area contributed by atoms with Crippen LogP contribution in [0.3, 0.4) is 0 Å². The molecule has 2 atom stereocenters. The van der Waals surface area contributed by atoms with Crippen molar-refractivity contribution < 1.29 is 42.5 Å². The fourth-order valence-corrected chi connectivity index (χ4v) is 5.15. The molecule has 38 heavy (non-hydrogen) atoms. The molecule has 8 nitrogen and oxygen atoms in total. The highest BCUT2D eigenvalue weighted by atomic mass is 19.1. The van der Waals surface area contributed by atoms with E-state index in [0.29, 0.717) is 31.2 Å². The number of halogens is 2. The number of carboxylic acid groups (broad SMARTS) is 1. The van der Waals surface area contributed by atoms with Crippen LogP contribution in [0, 0.1) is 17.6 Å². The molecule has 2 aromatic rings. The van der Waals surface area contributed by atoms with Crippen molar-refractivity contribution in [2.75, 3.05) is 19.8 Å². The third kappa shape index (κ3) is 6.30. The molecule has 0 aromatic heterocycles. The highest BCUT2D eigenvalue weighted by molar-refractivity contribution is 6.05. The fourth-order valence-electron chi connectivity index (χ4n) is 5.15. The number of nitrogens with zero attached hydrogens (tertiary/aromatic N) is 1. The van der Waals surface area contributed by atoms with Crippen LogP contribution in [-0.4, -0.2) is 59.8 Å². The van der Waals surface area contributed by atoms with Gasteiger partial charge in [0.2, 0.25) is 0 Å². The number of rotatable bonds is 9. The maximum atomic E-state index is 14.7. The minimum absolute atomic E-state index is 0.0401. The number of carbonyl (C=O) groups excluding carboxylic acids is 2. The summed E-state index contributed by atoms with van der Waals surface area (Å²) in [7, 11) is 0. The summed E-state index contributed by atoms with van der Waals surface area (Å²) in [6.45, 7) is 1.42. The van der Waals surface area contributed by atoms with Crippen LogP contribution in [0.2, 0.25) is 0 Å². The lowest BCUT2D eigenvalue weighted by molar-refractivity contribution is -0.150. The second-order valence-electron chi connectivity index (χ2n) is 9.54. The SMILES string of the molecule is CCOC(=O)C1CN(C(=O)O)C(COC2CCC(c3cc(F)cc(F)c3OCc3ccccc3)CC2)C1=O. The van der Waals surface area contributed by atoms with Crippen LogP contribution in [0.5, 0.6) is 5.75 Å². The first-order valence-corrected chi connectivity index (χ1v) is 12.8. The first-order chi connectivity index (χ1) is 18.3. The number of Topliss-reactive ketones (excluding diaryl/α,β-unsaturated/α-hetero) is 1. The lowest BCUT2D eigenvalue weighted by Crippen LogP contribution is -2.41. The van der Waals surface area contributed by atoms with E-state index in [0.717, 1.165) is 16.5 Å². The maximum absolute atomic E-state index is 14.7. The average molecular weight is 532 g/mol. The molecule has 1 N–H and O–H groups in total. The predicted octanol–water partition coefficient (Wildman–Crippen LogP) is 4.70. The molecule has 1 heterocycles. The average Bonchev–Trinajstić information content (AvgIpc) is 3.24. The number of ketones is 1. The standard InChI is InChI=1S/C28H31F2NO7/c1-2-36-27(33)22-14-31(28(34)35)24(25(22)32)16-37-20-10-8-18(9-11-20)21-12-19(29)13-23(30)26(21)38-15-17-6-4-3-5-7-17/h3-7,12-13,18,20,22,24H,2,8-11,14-16H2,1H3,(H,34,35). The van der Waals surface area contributed by atoms with Crippen molar-refractivity contribution in [3.8, 4) is 5.75 Å². The first kappa shape index (κ1) is 27.5. The van der Waals surface area contributed by atoms with E-state index in [4.69, 9.17) is 14.2 Å². The zero-order valence-electron chi connectivity index (χ0n) is 21.1. The normalized spacial score (nSPS) is 23.3. The Morgan fingerprint density at radius 1 is 1.08 bits per heavy atom. The first-order valence-electron chi connectivity index (χ1n) is 12.8. The molecule has 0 radical (unpaired) electrons. The van der Waals surface area contributed by atoms with Crippen LogP contribution in [0.15, 0.2) is 42.5 Å². The Kier molecular flexibility index (Phi) is 8.93. The number of likely N-dealkylation sites (tertiary alicyclic amines) is 1. The Balaban J connectivity index is 1.36. The van der Waals surface area contributed by atoms with Gasteiger partial charge in [-0.15, -0.1) is 0 Å². The van der Waals surface area contributed by atoms with Crippen LogP contribution >= 0.6 is 0 Å². The molecule has 1 aliphatic carbocycles. The summed E-state index contributed by atoms with van der Waals surface area (Å²) in [4.78, 5) is 37.4. The second-order valence-corrected chi connectivity index (χ2v) is 9.54. The number of ether oxygens (including phenoxy) is 3. The van der Waals surface area contributed by atoms with E-state index in [2.05, 4.69) is 0 Å². The van der Waals surface area contributed by atoms with E-state index in [1.807, 2.05) is 30.3 Å². The summed E-state index contributed by atoms with van der Waals surface area (Å²) in [6, 6.07) is 10.3. The lowest BCUT2D eigenvalue weighted by atomic mass is 9.82. The number of amides is 1. The van der Waals surface area contributed by atoms with Gasteiger partial charge in [-0.2, -0.15) is 0 Å². The number of benzene rings is 2. The highest BCUT2D eigenvalue weighted by Crippen LogP contribution is 2.40. The van der Waals surface area contributed by atoms with Gasteiger partial charge in [0.15, 0.2) is 17.3 Å². The molecule has 1 saturated carbocycles. The molecule has 1 amide bonds. The van der Waals surface area contributed by atoms with Gasteiger partial charge in [-0.25, -0.2) is 13.6 Å². The smallest absolute Gasteiger partial charge is 0.408 e. The Labute approximate surface area is 219 Å². The molecule has 0 bridgehead atoms. The summed E-state index contributed by atoms with van der Waals surface area (Å²) in [5.41, 5.74) is 1.33. The van der Waals surface area contributed by atoms with E-state index in [1.54, 1.807) is 6.92 Å². The largest absolute Gasteiger partial charge is 0.486 e. The van der Waals surface area contributed by atoms with Crippen molar-refractivity contribution >= 4 is 17.8 Å². The third-order valence-electron chi connectivity index (χ3n) is 7.11. The van der Waals surface area contributed by atoms with Crippen molar-refractivity contribution in [2.24, 2.45) is 5.92 Å². The van der Waals surface area contributed by atoms with Gasteiger partial charge in [0.05, 0.1) is 19.3 Å². The topological polar surface area (TPSA) is 102 Å². The number of esters is 1. The number of hydrogen-bond acceptors (Lipinski definition) is 6. The molecule has 4 rings (SSSR count). The minimum Gasteiger partial charge on any atom is -0.486 e. The van der Waals surface area contributed by atoms with E-state index >= 15 is 0 Å². The van der Waals surface area contributed by atoms with E-state index in [1.165, 1.54) is 6.07 Å². The summed E-state index contributed by atoms with van der Waals surface area (Å²) in [5.74, 6) is -3.96. The van der Waals surface area contributed by atoms with Gasteiger partial charge in [0.25, 0.3) is 0 Å². The summed E-state index contributed by atoms with van der Waals surface area (Å²) in [5, 5.41) is 9.51. The van der Waals surface area contributed by atoms with Crippen LogP contribution in [-0.2, 0) is 25.7 Å². The lowest BCUT2D eigenvalue weighted by Gasteiger charge is -2.31. The third-order valence-corrected chi connectivity index (χ3v) is 7.11. The zero-order valence-corrected chi connectivity index (χ0v) is 21.1. The van der Waals surface area contributed by atoms with Crippen molar-refractivity contribution in [3.63, 3.8) is 0 Å². The van der Waals surface area contributed by atoms with Gasteiger partial charge >= 0.3 is 12.1 Å². The van der Waals surface area contributed by atoms with E-state index in [9.17, 15) is 28.3 Å².